The van der Waals surface area contributed by atoms with Crippen molar-refractivity contribution in [1.29, 1.82) is 0 Å². The van der Waals surface area contributed by atoms with E-state index in [2.05, 4.69) is 9.97 Å². The first-order valence-electron chi connectivity index (χ1n) is 6.09. The van der Waals surface area contributed by atoms with Gasteiger partial charge in [0.2, 0.25) is 0 Å². The molecule has 2 rings (SSSR count). The summed E-state index contributed by atoms with van der Waals surface area (Å²) in [4.78, 5) is 8.56. The molecule has 0 aliphatic carbocycles. The summed E-state index contributed by atoms with van der Waals surface area (Å²) in [7, 11) is 1.65. The fourth-order valence-corrected chi connectivity index (χ4v) is 2.68. The molecular weight excluding hydrogens is 319 g/mol. The molecule has 0 saturated heterocycles. The van der Waals surface area contributed by atoms with Crippen LogP contribution in [0.1, 0.15) is 12.2 Å². The zero-order chi connectivity index (χ0) is 14.5. The van der Waals surface area contributed by atoms with E-state index in [9.17, 15) is 0 Å². The summed E-state index contributed by atoms with van der Waals surface area (Å²) in [6.45, 7) is 0.644. The molecule has 0 aliphatic rings. The van der Waals surface area contributed by atoms with Gasteiger partial charge < -0.3 is 4.74 Å². The second kappa shape index (κ2) is 7.23. The maximum Gasteiger partial charge on any atom is 0.142 e. The van der Waals surface area contributed by atoms with Gasteiger partial charge >= 0.3 is 0 Å². The molecule has 3 nitrogen and oxygen atoms in total. The molecule has 0 atom stereocenters. The van der Waals surface area contributed by atoms with Crippen molar-refractivity contribution < 1.29 is 4.74 Å². The Morgan fingerprint density at radius 3 is 2.30 bits per heavy atom. The van der Waals surface area contributed by atoms with Gasteiger partial charge in [-0.3, -0.25) is 0 Å². The third-order valence-electron chi connectivity index (χ3n) is 2.76. The van der Waals surface area contributed by atoms with E-state index < -0.39 is 0 Å². The van der Waals surface area contributed by atoms with E-state index in [1.54, 1.807) is 13.2 Å². The standard InChI is InChI=1S/C14H13Cl3N2O/c1-20-8-4-7-11-18-13(16)12(14(17)19-11)9-5-2-3-6-10(9)15/h2-3,5-6H,4,7-8H2,1H3. The molecule has 20 heavy (non-hydrogen) atoms. The number of benzene rings is 1. The Hall–Kier alpha value is -0.870. The third kappa shape index (κ3) is 3.61. The van der Waals surface area contributed by atoms with Crippen LogP contribution in [0.25, 0.3) is 11.1 Å². The molecule has 0 bridgehead atoms. The minimum atomic E-state index is 0.311. The molecule has 6 heteroatoms. The van der Waals surface area contributed by atoms with Crippen molar-refractivity contribution in [3.8, 4) is 11.1 Å². The maximum absolute atomic E-state index is 6.23. The molecule has 0 saturated carbocycles. The molecule has 2 aromatic rings. The summed E-state index contributed by atoms with van der Waals surface area (Å²) in [5, 5.41) is 1.18. The Morgan fingerprint density at radius 2 is 1.70 bits per heavy atom. The highest BCUT2D eigenvalue weighted by Gasteiger charge is 2.15. The number of halogens is 3. The lowest BCUT2D eigenvalue weighted by Crippen LogP contribution is -2.01. The van der Waals surface area contributed by atoms with Gasteiger partial charge in [-0.05, 0) is 12.5 Å². The van der Waals surface area contributed by atoms with Gasteiger partial charge in [0.25, 0.3) is 0 Å². The molecule has 0 N–H and O–H groups in total. The number of nitrogens with zero attached hydrogens (tertiary/aromatic N) is 2. The van der Waals surface area contributed by atoms with Gasteiger partial charge in [-0.15, -0.1) is 0 Å². The van der Waals surface area contributed by atoms with Crippen LogP contribution in [0.15, 0.2) is 24.3 Å². The maximum atomic E-state index is 6.23. The van der Waals surface area contributed by atoms with Gasteiger partial charge in [0.1, 0.15) is 16.1 Å². The summed E-state index contributed by atoms with van der Waals surface area (Å²) in [6, 6.07) is 7.31. The second-order valence-electron chi connectivity index (χ2n) is 4.17. The van der Waals surface area contributed by atoms with Crippen molar-refractivity contribution in [3.63, 3.8) is 0 Å². The highest BCUT2D eigenvalue weighted by molar-refractivity contribution is 6.40. The van der Waals surface area contributed by atoms with Gasteiger partial charge in [-0.2, -0.15) is 0 Å². The molecular formula is C14H13Cl3N2O. The molecule has 0 fully saturated rings. The zero-order valence-corrected chi connectivity index (χ0v) is 13.1. The summed E-state index contributed by atoms with van der Waals surface area (Å²) >= 11 is 18.6. The molecule has 1 aromatic carbocycles. The molecule has 106 valence electrons. The van der Waals surface area contributed by atoms with Crippen molar-refractivity contribution in [2.75, 3.05) is 13.7 Å². The number of rotatable bonds is 5. The van der Waals surface area contributed by atoms with Crippen LogP contribution in [-0.4, -0.2) is 23.7 Å². The van der Waals surface area contributed by atoms with Crippen molar-refractivity contribution >= 4 is 34.8 Å². The van der Waals surface area contributed by atoms with E-state index in [1.807, 2.05) is 18.2 Å². The van der Waals surface area contributed by atoms with E-state index >= 15 is 0 Å². The molecule has 0 spiro atoms. The van der Waals surface area contributed by atoms with E-state index in [-0.39, 0.29) is 0 Å². The average molecular weight is 332 g/mol. The van der Waals surface area contributed by atoms with Crippen LogP contribution in [0.2, 0.25) is 15.3 Å². The number of aromatic nitrogens is 2. The minimum absolute atomic E-state index is 0.311. The van der Waals surface area contributed by atoms with Crippen LogP contribution in [-0.2, 0) is 11.2 Å². The normalized spacial score (nSPS) is 10.8. The van der Waals surface area contributed by atoms with E-state index in [0.29, 0.717) is 39.7 Å². The molecule has 1 aromatic heterocycles. The van der Waals surface area contributed by atoms with Gasteiger partial charge in [-0.1, -0.05) is 53.0 Å². The number of aryl methyl sites for hydroxylation is 1. The van der Waals surface area contributed by atoms with Gasteiger partial charge in [0, 0.05) is 30.7 Å². The monoisotopic (exact) mass is 330 g/mol. The van der Waals surface area contributed by atoms with Crippen LogP contribution >= 0.6 is 34.8 Å². The van der Waals surface area contributed by atoms with Crippen LogP contribution in [0.4, 0.5) is 0 Å². The van der Waals surface area contributed by atoms with Crippen molar-refractivity contribution in [2.24, 2.45) is 0 Å². The molecule has 1 heterocycles. The first kappa shape index (κ1) is 15.5. The summed E-state index contributed by atoms with van der Waals surface area (Å²) in [5.41, 5.74) is 1.29. The Kier molecular flexibility index (Phi) is 5.61. The van der Waals surface area contributed by atoms with Gasteiger partial charge in [-0.25, -0.2) is 9.97 Å². The third-order valence-corrected chi connectivity index (χ3v) is 3.64. The van der Waals surface area contributed by atoms with Gasteiger partial charge in [0.05, 0.1) is 5.56 Å². The lowest BCUT2D eigenvalue weighted by Gasteiger charge is -2.09. The van der Waals surface area contributed by atoms with E-state index in [0.717, 1.165) is 12.0 Å². The average Bonchev–Trinajstić information content (AvgIpc) is 2.40. The minimum Gasteiger partial charge on any atom is -0.385 e. The Morgan fingerprint density at radius 1 is 1.05 bits per heavy atom. The Bertz CT molecular complexity index is 582. The number of hydrogen-bond donors (Lipinski definition) is 0. The van der Waals surface area contributed by atoms with E-state index in [1.165, 1.54) is 0 Å². The van der Waals surface area contributed by atoms with Gasteiger partial charge in [0.15, 0.2) is 0 Å². The number of ether oxygens (including phenoxy) is 1. The fourth-order valence-electron chi connectivity index (χ4n) is 1.82. The predicted molar refractivity (Wildman–Crippen MR) is 82.7 cm³/mol. The molecule has 0 aliphatic heterocycles. The first-order valence-corrected chi connectivity index (χ1v) is 7.22. The summed E-state index contributed by atoms with van der Waals surface area (Å²) in [6.07, 6.45) is 1.48. The fraction of sp³-hybridized carbons (Fsp3) is 0.286. The largest absolute Gasteiger partial charge is 0.385 e. The molecule has 0 amide bonds. The summed E-state index contributed by atoms with van der Waals surface area (Å²) < 4.78 is 4.99. The van der Waals surface area contributed by atoms with Crippen molar-refractivity contribution in [2.45, 2.75) is 12.8 Å². The predicted octanol–water partition coefficient (Wildman–Crippen LogP) is 4.68. The van der Waals surface area contributed by atoms with E-state index in [4.69, 9.17) is 39.5 Å². The zero-order valence-electron chi connectivity index (χ0n) is 10.9. The van der Waals surface area contributed by atoms with Crippen LogP contribution in [0, 0.1) is 0 Å². The number of methoxy groups -OCH3 is 1. The highest BCUT2D eigenvalue weighted by atomic mass is 35.5. The number of hydrogen-bond acceptors (Lipinski definition) is 3. The molecule has 0 radical (unpaired) electrons. The van der Waals surface area contributed by atoms with Crippen molar-refractivity contribution in [1.82, 2.24) is 9.97 Å². The Balaban J connectivity index is 2.34. The topological polar surface area (TPSA) is 35.0 Å². The van der Waals surface area contributed by atoms with Crippen LogP contribution in [0.3, 0.4) is 0 Å². The highest BCUT2D eigenvalue weighted by Crippen LogP contribution is 2.36. The quantitative estimate of drug-likeness (QED) is 0.589. The van der Waals surface area contributed by atoms with Crippen LogP contribution < -0.4 is 0 Å². The molecule has 0 unspecified atom stereocenters. The summed E-state index contributed by atoms with van der Waals surface area (Å²) in [5.74, 6) is 0.604. The SMILES string of the molecule is COCCCc1nc(Cl)c(-c2ccccc2Cl)c(Cl)n1. The second-order valence-corrected chi connectivity index (χ2v) is 5.30. The van der Waals surface area contributed by atoms with Crippen molar-refractivity contribution in [3.05, 3.63) is 45.4 Å². The lowest BCUT2D eigenvalue weighted by molar-refractivity contribution is 0.194. The smallest absolute Gasteiger partial charge is 0.142 e. The Labute approximate surface area is 132 Å². The lowest BCUT2D eigenvalue weighted by atomic mass is 10.1. The first-order chi connectivity index (χ1) is 9.63. The van der Waals surface area contributed by atoms with Crippen LogP contribution in [0.5, 0.6) is 0 Å².